The van der Waals surface area contributed by atoms with E-state index in [0.29, 0.717) is 12.8 Å². The lowest BCUT2D eigenvalue weighted by atomic mass is 9.70. The van der Waals surface area contributed by atoms with Crippen LogP contribution < -0.4 is 4.74 Å². The molecule has 0 saturated heterocycles. The maximum absolute atomic E-state index is 11.6. The number of ketones is 1. The minimum absolute atomic E-state index is 0.181. The molecule has 1 fully saturated rings. The lowest BCUT2D eigenvalue weighted by Gasteiger charge is -2.30. The van der Waals surface area contributed by atoms with Gasteiger partial charge in [-0.25, -0.2) is 0 Å². The molecule has 0 heterocycles. The van der Waals surface area contributed by atoms with Crippen LogP contribution in [0.15, 0.2) is 24.3 Å². The Morgan fingerprint density at radius 3 is 2.94 bits per heavy atom. The van der Waals surface area contributed by atoms with Gasteiger partial charge in [-0.15, -0.1) is 0 Å². The molecule has 0 aromatic heterocycles. The van der Waals surface area contributed by atoms with Crippen molar-refractivity contribution in [3.63, 3.8) is 0 Å². The molecule has 0 N–H and O–H groups in total. The molecule has 17 heavy (non-hydrogen) atoms. The van der Waals surface area contributed by atoms with Crippen molar-refractivity contribution >= 4 is 5.78 Å². The van der Waals surface area contributed by atoms with E-state index in [1.807, 2.05) is 24.3 Å². The minimum Gasteiger partial charge on any atom is -0.497 e. The fourth-order valence-electron chi connectivity index (χ4n) is 2.43. The zero-order valence-electron chi connectivity index (χ0n) is 9.90. The monoisotopic (exact) mass is 229 g/mol. The molecule has 0 bridgehead atoms. The first kappa shape index (κ1) is 11.7. The van der Waals surface area contributed by atoms with Crippen LogP contribution in [-0.2, 0) is 10.2 Å². The van der Waals surface area contributed by atoms with Gasteiger partial charge in [-0.1, -0.05) is 12.1 Å². The first-order valence-corrected chi connectivity index (χ1v) is 5.78. The maximum Gasteiger partial charge on any atom is 0.134 e. The molecule has 3 nitrogen and oxygen atoms in total. The van der Waals surface area contributed by atoms with Crippen molar-refractivity contribution in [2.75, 3.05) is 7.11 Å². The van der Waals surface area contributed by atoms with E-state index < -0.39 is 5.41 Å². The molecule has 2 rings (SSSR count). The number of nitriles is 1. The molecule has 1 aromatic carbocycles. The van der Waals surface area contributed by atoms with Crippen LogP contribution in [0.4, 0.5) is 0 Å². The summed E-state index contributed by atoms with van der Waals surface area (Å²) in [4.78, 5) is 11.6. The number of Topliss-reactive ketones (excluding diaryl/α,β-unsaturated/α-hetero) is 1. The van der Waals surface area contributed by atoms with Crippen LogP contribution in [0.5, 0.6) is 5.75 Å². The van der Waals surface area contributed by atoms with Gasteiger partial charge < -0.3 is 4.74 Å². The average Bonchev–Trinajstić information content (AvgIpc) is 2.38. The van der Waals surface area contributed by atoms with E-state index in [1.165, 1.54) is 0 Å². The average molecular weight is 229 g/mol. The molecule has 1 saturated carbocycles. The van der Waals surface area contributed by atoms with Crippen molar-refractivity contribution < 1.29 is 9.53 Å². The molecule has 0 amide bonds. The van der Waals surface area contributed by atoms with Gasteiger partial charge in [0.1, 0.15) is 11.5 Å². The van der Waals surface area contributed by atoms with Crippen LogP contribution in [0.25, 0.3) is 0 Å². The lowest BCUT2D eigenvalue weighted by Crippen LogP contribution is -2.31. The molecule has 1 aliphatic carbocycles. The number of methoxy groups -OCH3 is 1. The van der Waals surface area contributed by atoms with Crippen LogP contribution >= 0.6 is 0 Å². The molecule has 1 aliphatic rings. The molecule has 0 spiro atoms. The molecular formula is C14H15NO2. The number of rotatable bonds is 2. The number of carbonyl (C=O) groups excluding carboxylic acids is 1. The van der Waals surface area contributed by atoms with Crippen molar-refractivity contribution in [2.45, 2.75) is 31.1 Å². The molecule has 1 aromatic rings. The Morgan fingerprint density at radius 2 is 2.29 bits per heavy atom. The van der Waals surface area contributed by atoms with Crippen molar-refractivity contribution in [3.8, 4) is 11.8 Å². The Bertz CT molecular complexity index is 475. The molecule has 88 valence electrons. The molecule has 0 radical (unpaired) electrons. The Balaban J connectivity index is 2.40. The second-order valence-electron chi connectivity index (χ2n) is 4.49. The lowest BCUT2D eigenvalue weighted by molar-refractivity contribution is -0.121. The Labute approximate surface area is 101 Å². The van der Waals surface area contributed by atoms with E-state index in [4.69, 9.17) is 4.74 Å². The third-order valence-electron chi connectivity index (χ3n) is 3.39. The van der Waals surface area contributed by atoms with Gasteiger partial charge in [0.15, 0.2) is 0 Å². The smallest absolute Gasteiger partial charge is 0.134 e. The first-order chi connectivity index (χ1) is 8.20. The summed E-state index contributed by atoms with van der Waals surface area (Å²) in [5.41, 5.74) is 0.247. The zero-order valence-corrected chi connectivity index (χ0v) is 9.90. The summed E-state index contributed by atoms with van der Waals surface area (Å²) in [5, 5.41) is 9.43. The number of hydrogen-bond donors (Lipinski definition) is 0. The molecule has 3 heteroatoms. The zero-order chi connectivity index (χ0) is 12.3. The fourth-order valence-corrected chi connectivity index (χ4v) is 2.43. The summed E-state index contributed by atoms with van der Waals surface area (Å²) in [6.45, 7) is 0. The van der Waals surface area contributed by atoms with E-state index >= 15 is 0 Å². The summed E-state index contributed by atoms with van der Waals surface area (Å²) in [6, 6.07) is 9.82. The normalized spacial score (nSPS) is 24.1. The van der Waals surface area contributed by atoms with Gasteiger partial charge in [0.05, 0.1) is 18.6 Å². The van der Waals surface area contributed by atoms with Crippen LogP contribution in [0.2, 0.25) is 0 Å². The number of ether oxygens (including phenoxy) is 1. The summed E-state index contributed by atoms with van der Waals surface area (Å²) >= 11 is 0. The topological polar surface area (TPSA) is 50.1 Å². The second-order valence-corrected chi connectivity index (χ2v) is 4.49. The van der Waals surface area contributed by atoms with Crippen molar-refractivity contribution in [3.05, 3.63) is 29.8 Å². The predicted octanol–water partition coefficient (Wildman–Crippen LogP) is 2.60. The summed E-state index contributed by atoms with van der Waals surface area (Å²) in [5.74, 6) is 0.913. The third kappa shape index (κ3) is 2.16. The van der Waals surface area contributed by atoms with Crippen LogP contribution in [0, 0.1) is 11.3 Å². The van der Waals surface area contributed by atoms with Gasteiger partial charge in [0, 0.05) is 12.8 Å². The fraction of sp³-hybridized carbons (Fsp3) is 0.429. The quantitative estimate of drug-likeness (QED) is 0.783. The van der Waals surface area contributed by atoms with E-state index in [2.05, 4.69) is 6.07 Å². The number of carbonyl (C=O) groups is 1. The number of hydrogen-bond acceptors (Lipinski definition) is 3. The van der Waals surface area contributed by atoms with E-state index in [1.54, 1.807) is 7.11 Å². The SMILES string of the molecule is COc1cccc(C2(C#N)CCCC(=O)C2)c1. The highest BCUT2D eigenvalue weighted by Gasteiger charge is 2.37. The van der Waals surface area contributed by atoms with Crippen molar-refractivity contribution in [1.29, 1.82) is 5.26 Å². The van der Waals surface area contributed by atoms with Crippen molar-refractivity contribution in [1.82, 2.24) is 0 Å². The molecule has 1 atom stereocenters. The Hall–Kier alpha value is -1.82. The van der Waals surface area contributed by atoms with Gasteiger partial charge in [-0.05, 0) is 30.5 Å². The van der Waals surface area contributed by atoms with Gasteiger partial charge in [-0.2, -0.15) is 5.26 Å². The molecule has 1 unspecified atom stereocenters. The van der Waals surface area contributed by atoms with Crippen LogP contribution in [0.1, 0.15) is 31.2 Å². The van der Waals surface area contributed by atoms with Gasteiger partial charge in [0.25, 0.3) is 0 Å². The Kier molecular flexibility index (Phi) is 3.14. The largest absolute Gasteiger partial charge is 0.497 e. The third-order valence-corrected chi connectivity index (χ3v) is 3.39. The van der Waals surface area contributed by atoms with Gasteiger partial charge in [-0.3, -0.25) is 4.79 Å². The van der Waals surface area contributed by atoms with Crippen LogP contribution in [0.3, 0.4) is 0 Å². The standard InChI is InChI=1S/C14H15NO2/c1-17-13-6-2-4-11(8-13)14(10-15)7-3-5-12(16)9-14/h2,4,6,8H,3,5,7,9H2,1H3. The van der Waals surface area contributed by atoms with Gasteiger partial charge in [0.2, 0.25) is 0 Å². The summed E-state index contributed by atoms with van der Waals surface area (Å²) < 4.78 is 5.17. The van der Waals surface area contributed by atoms with E-state index in [-0.39, 0.29) is 5.78 Å². The number of benzene rings is 1. The van der Waals surface area contributed by atoms with E-state index in [0.717, 1.165) is 24.2 Å². The summed E-state index contributed by atoms with van der Waals surface area (Å²) in [7, 11) is 1.60. The minimum atomic E-state index is -0.649. The highest BCUT2D eigenvalue weighted by Crippen LogP contribution is 2.38. The Morgan fingerprint density at radius 1 is 1.47 bits per heavy atom. The van der Waals surface area contributed by atoms with E-state index in [9.17, 15) is 10.1 Å². The number of nitrogens with zero attached hydrogens (tertiary/aromatic N) is 1. The second kappa shape index (κ2) is 4.58. The molecular weight excluding hydrogens is 214 g/mol. The highest BCUT2D eigenvalue weighted by atomic mass is 16.5. The highest BCUT2D eigenvalue weighted by molar-refractivity contribution is 5.81. The first-order valence-electron chi connectivity index (χ1n) is 5.78. The predicted molar refractivity (Wildman–Crippen MR) is 63.8 cm³/mol. The maximum atomic E-state index is 11.6. The summed E-state index contributed by atoms with van der Waals surface area (Å²) in [6.07, 6.45) is 2.48. The van der Waals surface area contributed by atoms with Crippen molar-refractivity contribution in [2.24, 2.45) is 0 Å². The van der Waals surface area contributed by atoms with Crippen LogP contribution in [-0.4, -0.2) is 12.9 Å². The van der Waals surface area contributed by atoms with Gasteiger partial charge >= 0.3 is 0 Å². The molecule has 0 aliphatic heterocycles.